The summed E-state index contributed by atoms with van der Waals surface area (Å²) in [7, 11) is -3.52. The number of benzene rings is 1. The van der Waals surface area contributed by atoms with Gasteiger partial charge in [0.2, 0.25) is 0 Å². The van der Waals surface area contributed by atoms with E-state index in [0.717, 1.165) is 12.8 Å². The number of carbonyl (C=O) groups excluding carboxylic acids is 1. The Balaban J connectivity index is 2.25. The molecule has 0 bridgehead atoms. The zero-order chi connectivity index (χ0) is 17.6. The highest BCUT2D eigenvalue weighted by Gasteiger charge is 2.25. The van der Waals surface area contributed by atoms with Gasteiger partial charge in [-0.05, 0) is 31.0 Å². The Labute approximate surface area is 143 Å². The Morgan fingerprint density at radius 2 is 1.67 bits per heavy atom. The van der Waals surface area contributed by atoms with Gasteiger partial charge in [-0.25, -0.2) is 8.42 Å². The van der Waals surface area contributed by atoms with Crippen molar-refractivity contribution in [2.75, 3.05) is 13.1 Å². The van der Waals surface area contributed by atoms with Crippen LogP contribution in [0.1, 0.15) is 42.8 Å². The van der Waals surface area contributed by atoms with Gasteiger partial charge >= 0.3 is 0 Å². The van der Waals surface area contributed by atoms with Gasteiger partial charge in [0, 0.05) is 18.7 Å². The fourth-order valence-electron chi connectivity index (χ4n) is 2.55. The molecule has 0 atom stereocenters. The second kappa shape index (κ2) is 8.15. The first-order chi connectivity index (χ1) is 11.5. The zero-order valence-corrected chi connectivity index (χ0v) is 14.9. The smallest absolute Gasteiger partial charge is 0.289 e. The number of hydrogen-bond acceptors (Lipinski definition) is 4. The van der Waals surface area contributed by atoms with E-state index in [-0.39, 0.29) is 22.3 Å². The van der Waals surface area contributed by atoms with Gasteiger partial charge in [0.05, 0.1) is 16.9 Å². The lowest BCUT2D eigenvalue weighted by Crippen LogP contribution is -2.32. The lowest BCUT2D eigenvalue weighted by atomic mass is 10.2. The summed E-state index contributed by atoms with van der Waals surface area (Å²) in [5.74, 6) is -0.376. The molecule has 1 amide bonds. The fraction of sp³-hybridized carbons (Fsp3) is 0.389. The van der Waals surface area contributed by atoms with Crippen LogP contribution < -0.4 is 0 Å². The highest BCUT2D eigenvalue weighted by molar-refractivity contribution is 7.90. The third-order valence-corrected chi connectivity index (χ3v) is 5.34. The summed E-state index contributed by atoms with van der Waals surface area (Å²) in [5, 5.41) is 0. The number of hydrogen-bond donors (Lipinski definition) is 0. The largest absolute Gasteiger partial charge is 0.459 e. The van der Waals surface area contributed by atoms with Crippen LogP contribution in [0.4, 0.5) is 0 Å². The summed E-state index contributed by atoms with van der Waals surface area (Å²) in [4.78, 5) is 14.6. The van der Waals surface area contributed by atoms with Gasteiger partial charge in [-0.15, -0.1) is 0 Å². The molecule has 0 fully saturated rings. The van der Waals surface area contributed by atoms with Gasteiger partial charge in [-0.3, -0.25) is 4.79 Å². The number of amides is 1. The molecular formula is C18H23NO4S. The first-order valence-electron chi connectivity index (χ1n) is 8.13. The molecule has 1 aromatic carbocycles. The molecule has 0 radical (unpaired) electrons. The van der Waals surface area contributed by atoms with Crippen molar-refractivity contribution < 1.29 is 17.6 Å². The molecule has 0 saturated carbocycles. The van der Waals surface area contributed by atoms with Crippen LogP contribution in [0, 0.1) is 0 Å². The van der Waals surface area contributed by atoms with E-state index < -0.39 is 9.84 Å². The molecule has 130 valence electrons. The van der Waals surface area contributed by atoms with E-state index >= 15 is 0 Å². The molecule has 2 aromatic rings. The highest BCUT2D eigenvalue weighted by Crippen LogP contribution is 2.21. The standard InChI is InChI=1S/C18H23NO4S/c1-3-11-19(12-4-2)18(20)17-15(10-13-23-17)14-24(21,22)16-8-6-5-7-9-16/h5-10,13H,3-4,11-12,14H2,1-2H3. The fourth-order valence-corrected chi connectivity index (χ4v) is 3.93. The quantitative estimate of drug-likeness (QED) is 0.731. The van der Waals surface area contributed by atoms with Crippen LogP contribution in [0.15, 0.2) is 52.0 Å². The summed E-state index contributed by atoms with van der Waals surface area (Å²) >= 11 is 0. The summed E-state index contributed by atoms with van der Waals surface area (Å²) in [6.07, 6.45) is 3.05. The molecular weight excluding hydrogens is 326 g/mol. The van der Waals surface area contributed by atoms with E-state index in [4.69, 9.17) is 4.42 Å². The SMILES string of the molecule is CCCN(CCC)C(=O)c1occc1CS(=O)(=O)c1ccccc1. The van der Waals surface area contributed by atoms with Gasteiger partial charge in [-0.1, -0.05) is 32.0 Å². The van der Waals surface area contributed by atoms with Crippen molar-refractivity contribution in [3.63, 3.8) is 0 Å². The second-order valence-corrected chi connectivity index (χ2v) is 7.63. The van der Waals surface area contributed by atoms with Crippen LogP contribution in [-0.2, 0) is 15.6 Å². The maximum atomic E-state index is 12.7. The van der Waals surface area contributed by atoms with Crippen LogP contribution in [0.3, 0.4) is 0 Å². The monoisotopic (exact) mass is 349 g/mol. The summed E-state index contributed by atoms with van der Waals surface area (Å²) in [6, 6.07) is 9.79. The Bertz CT molecular complexity index is 759. The molecule has 6 heteroatoms. The average molecular weight is 349 g/mol. The molecule has 24 heavy (non-hydrogen) atoms. The van der Waals surface area contributed by atoms with Crippen LogP contribution in [-0.4, -0.2) is 32.3 Å². The minimum Gasteiger partial charge on any atom is -0.459 e. The van der Waals surface area contributed by atoms with Crippen molar-refractivity contribution in [1.82, 2.24) is 4.90 Å². The Kier molecular flexibility index (Phi) is 6.20. The Hall–Kier alpha value is -2.08. The van der Waals surface area contributed by atoms with E-state index in [1.54, 1.807) is 41.3 Å². The number of sulfone groups is 1. The van der Waals surface area contributed by atoms with Crippen LogP contribution in [0.2, 0.25) is 0 Å². The van der Waals surface area contributed by atoms with Crippen molar-refractivity contribution in [1.29, 1.82) is 0 Å². The summed E-state index contributed by atoms with van der Waals surface area (Å²) in [6.45, 7) is 5.24. The van der Waals surface area contributed by atoms with E-state index in [1.807, 2.05) is 13.8 Å². The molecule has 0 aliphatic rings. The molecule has 1 heterocycles. The van der Waals surface area contributed by atoms with Gasteiger partial charge in [0.25, 0.3) is 5.91 Å². The molecule has 2 rings (SSSR count). The molecule has 0 unspecified atom stereocenters. The topological polar surface area (TPSA) is 67.6 Å². The zero-order valence-electron chi connectivity index (χ0n) is 14.1. The number of furan rings is 1. The molecule has 0 saturated heterocycles. The Morgan fingerprint density at radius 1 is 1.04 bits per heavy atom. The molecule has 0 N–H and O–H groups in total. The lowest BCUT2D eigenvalue weighted by Gasteiger charge is -2.20. The molecule has 0 aliphatic carbocycles. The molecule has 1 aromatic heterocycles. The van der Waals surface area contributed by atoms with Gasteiger partial charge in [0.1, 0.15) is 0 Å². The number of rotatable bonds is 8. The Morgan fingerprint density at radius 3 is 2.25 bits per heavy atom. The van der Waals surface area contributed by atoms with E-state index in [9.17, 15) is 13.2 Å². The van der Waals surface area contributed by atoms with E-state index in [1.165, 1.54) is 6.26 Å². The highest BCUT2D eigenvalue weighted by atomic mass is 32.2. The average Bonchev–Trinajstić information content (AvgIpc) is 3.02. The first kappa shape index (κ1) is 18.3. The number of nitrogens with zero attached hydrogens (tertiary/aromatic N) is 1. The van der Waals surface area contributed by atoms with Crippen LogP contribution in [0.5, 0.6) is 0 Å². The molecule has 0 aliphatic heterocycles. The lowest BCUT2D eigenvalue weighted by molar-refractivity contribution is 0.0722. The summed E-state index contributed by atoms with van der Waals surface area (Å²) in [5.41, 5.74) is 0.404. The van der Waals surface area contributed by atoms with Crippen molar-refractivity contribution in [2.24, 2.45) is 0 Å². The van der Waals surface area contributed by atoms with Crippen molar-refractivity contribution >= 4 is 15.7 Å². The summed E-state index contributed by atoms with van der Waals surface area (Å²) < 4.78 is 30.4. The van der Waals surface area contributed by atoms with E-state index in [2.05, 4.69) is 0 Å². The normalized spacial score (nSPS) is 11.4. The molecule has 0 spiro atoms. The maximum Gasteiger partial charge on any atom is 0.289 e. The predicted octanol–water partition coefficient (Wildman–Crippen LogP) is 3.52. The minimum atomic E-state index is -3.52. The first-order valence-corrected chi connectivity index (χ1v) is 9.78. The van der Waals surface area contributed by atoms with E-state index in [0.29, 0.717) is 18.7 Å². The second-order valence-electron chi connectivity index (χ2n) is 5.64. The van der Waals surface area contributed by atoms with Gasteiger partial charge in [-0.2, -0.15) is 0 Å². The van der Waals surface area contributed by atoms with Crippen LogP contribution in [0.25, 0.3) is 0 Å². The maximum absolute atomic E-state index is 12.7. The van der Waals surface area contributed by atoms with Crippen LogP contribution >= 0.6 is 0 Å². The van der Waals surface area contributed by atoms with Gasteiger partial charge < -0.3 is 9.32 Å². The van der Waals surface area contributed by atoms with Gasteiger partial charge in [0.15, 0.2) is 15.6 Å². The molecule has 5 nitrogen and oxygen atoms in total. The van der Waals surface area contributed by atoms with Crippen molar-refractivity contribution in [3.05, 3.63) is 54.0 Å². The third-order valence-electron chi connectivity index (χ3n) is 3.66. The van der Waals surface area contributed by atoms with Crippen molar-refractivity contribution in [3.8, 4) is 0 Å². The van der Waals surface area contributed by atoms with Crippen molar-refractivity contribution in [2.45, 2.75) is 37.3 Å². The predicted molar refractivity (Wildman–Crippen MR) is 92.5 cm³/mol. The third kappa shape index (κ3) is 4.26. The minimum absolute atomic E-state index is 0.122. The number of carbonyl (C=O) groups is 1.